The number of carbonyl (C=O) groups is 1. The van der Waals surface area contributed by atoms with Crippen molar-refractivity contribution in [3.63, 3.8) is 0 Å². The molecule has 170 valence electrons. The maximum absolute atomic E-state index is 16.0. The molecule has 0 radical (unpaired) electrons. The summed E-state index contributed by atoms with van der Waals surface area (Å²) in [6.07, 6.45) is 4.55. The fraction of sp³-hybridized carbons (Fsp3) is 0.292. The summed E-state index contributed by atoms with van der Waals surface area (Å²) in [6.45, 7) is 5.92. The first-order valence-corrected chi connectivity index (χ1v) is 12.0. The molecule has 0 unspecified atom stereocenters. The largest absolute Gasteiger partial charge is 0.398 e. The van der Waals surface area contributed by atoms with Crippen LogP contribution in [0.3, 0.4) is 0 Å². The standard InChI is InChI=1S/C24H23ClFN5OS/c1-2-19(32)30-7-9-31(10-8-30)24-15-11-17(25)21(22(26)23(15)29-33-24)20-14(13-3-4-13)5-6-18(28)16(20)12-27/h2,5-6,11-13,27H,1,3-4,7-10,28H2. The molecular weight excluding hydrogens is 461 g/mol. The second-order valence-corrected chi connectivity index (χ2v) is 9.56. The molecule has 2 heterocycles. The van der Waals surface area contributed by atoms with E-state index in [1.807, 2.05) is 6.07 Å². The Bertz CT molecular complexity index is 1290. The predicted molar refractivity (Wildman–Crippen MR) is 133 cm³/mol. The fourth-order valence-corrected chi connectivity index (χ4v) is 5.73. The second kappa shape index (κ2) is 8.43. The number of hydrogen-bond acceptors (Lipinski definition) is 6. The molecule has 0 atom stereocenters. The third-order valence-electron chi connectivity index (χ3n) is 6.42. The number of hydrogen-bond donors (Lipinski definition) is 2. The molecule has 5 rings (SSSR count). The SMILES string of the molecule is C=CC(=O)N1CCN(c2snc3c(F)c(-c4c(C5CC5)ccc(N)c4C=N)c(Cl)cc23)CC1. The van der Waals surface area contributed by atoms with Gasteiger partial charge in [-0.25, -0.2) is 4.39 Å². The lowest BCUT2D eigenvalue weighted by atomic mass is 9.90. The van der Waals surface area contributed by atoms with E-state index in [9.17, 15) is 4.79 Å². The monoisotopic (exact) mass is 483 g/mol. The van der Waals surface area contributed by atoms with Crippen LogP contribution in [-0.2, 0) is 4.79 Å². The summed E-state index contributed by atoms with van der Waals surface area (Å²) in [4.78, 5) is 15.7. The molecule has 1 aromatic heterocycles. The van der Waals surface area contributed by atoms with Crippen molar-refractivity contribution >= 4 is 56.8 Å². The van der Waals surface area contributed by atoms with Gasteiger partial charge in [0.2, 0.25) is 5.91 Å². The van der Waals surface area contributed by atoms with Gasteiger partial charge >= 0.3 is 0 Å². The highest BCUT2D eigenvalue weighted by molar-refractivity contribution is 7.11. The number of carbonyl (C=O) groups excluding carboxylic acids is 1. The molecule has 1 saturated heterocycles. The predicted octanol–water partition coefficient (Wildman–Crippen LogP) is 5.05. The highest BCUT2D eigenvalue weighted by Crippen LogP contribution is 2.49. The van der Waals surface area contributed by atoms with Crippen molar-refractivity contribution in [2.75, 3.05) is 36.8 Å². The van der Waals surface area contributed by atoms with Crippen molar-refractivity contribution in [3.05, 3.63) is 52.8 Å². The number of benzene rings is 2. The zero-order valence-corrected chi connectivity index (χ0v) is 19.5. The van der Waals surface area contributed by atoms with Gasteiger partial charge in [0.15, 0.2) is 5.82 Å². The smallest absolute Gasteiger partial charge is 0.246 e. The first-order valence-electron chi connectivity index (χ1n) is 10.8. The van der Waals surface area contributed by atoms with E-state index in [1.165, 1.54) is 23.8 Å². The van der Waals surface area contributed by atoms with E-state index in [2.05, 4.69) is 15.9 Å². The van der Waals surface area contributed by atoms with Gasteiger partial charge < -0.3 is 20.9 Å². The molecule has 9 heteroatoms. The Kier molecular flexibility index (Phi) is 5.58. The zero-order valence-electron chi connectivity index (χ0n) is 17.9. The van der Waals surface area contributed by atoms with Crippen LogP contribution in [0.2, 0.25) is 5.02 Å². The van der Waals surface area contributed by atoms with Gasteiger partial charge in [-0.15, -0.1) is 0 Å². The van der Waals surface area contributed by atoms with Gasteiger partial charge in [0.05, 0.1) is 5.02 Å². The van der Waals surface area contributed by atoms with Crippen LogP contribution >= 0.6 is 23.1 Å². The molecule has 33 heavy (non-hydrogen) atoms. The van der Waals surface area contributed by atoms with Crippen LogP contribution in [0.15, 0.2) is 30.9 Å². The van der Waals surface area contributed by atoms with E-state index >= 15 is 4.39 Å². The van der Waals surface area contributed by atoms with Crippen molar-refractivity contribution in [2.24, 2.45) is 0 Å². The minimum atomic E-state index is -0.490. The Balaban J connectivity index is 1.59. The number of halogens is 2. The minimum Gasteiger partial charge on any atom is -0.398 e. The lowest BCUT2D eigenvalue weighted by Crippen LogP contribution is -2.48. The number of fused-ring (bicyclic) bond motifs is 1. The lowest BCUT2D eigenvalue weighted by molar-refractivity contribution is -0.126. The van der Waals surface area contributed by atoms with Crippen LogP contribution in [0.25, 0.3) is 22.0 Å². The van der Waals surface area contributed by atoms with Crippen molar-refractivity contribution in [1.82, 2.24) is 9.27 Å². The van der Waals surface area contributed by atoms with Crippen LogP contribution in [0.5, 0.6) is 0 Å². The first kappa shape index (κ1) is 21.9. The zero-order chi connectivity index (χ0) is 23.3. The molecule has 3 N–H and O–H groups in total. The van der Waals surface area contributed by atoms with Gasteiger partial charge in [0.25, 0.3) is 0 Å². The van der Waals surface area contributed by atoms with Gasteiger partial charge in [-0.05, 0) is 54.1 Å². The Morgan fingerprint density at radius 1 is 1.27 bits per heavy atom. The summed E-state index contributed by atoms with van der Waals surface area (Å²) < 4.78 is 20.4. The quantitative estimate of drug-likeness (QED) is 0.302. The van der Waals surface area contributed by atoms with Gasteiger partial charge in [-0.2, -0.15) is 4.37 Å². The Morgan fingerprint density at radius 3 is 2.64 bits per heavy atom. The third-order valence-corrected chi connectivity index (χ3v) is 7.65. The fourth-order valence-electron chi connectivity index (χ4n) is 4.54. The molecule has 1 amide bonds. The van der Waals surface area contributed by atoms with Crippen molar-refractivity contribution in [2.45, 2.75) is 18.8 Å². The highest BCUT2D eigenvalue weighted by Gasteiger charge is 2.31. The van der Waals surface area contributed by atoms with Gasteiger partial charge in [-0.3, -0.25) is 4.79 Å². The van der Waals surface area contributed by atoms with E-state index in [-0.39, 0.29) is 22.0 Å². The van der Waals surface area contributed by atoms with E-state index in [1.54, 1.807) is 17.0 Å². The van der Waals surface area contributed by atoms with Crippen molar-refractivity contribution in [3.8, 4) is 11.1 Å². The Labute approximate surface area is 200 Å². The van der Waals surface area contributed by atoms with Crippen LogP contribution in [0, 0.1) is 11.2 Å². The van der Waals surface area contributed by atoms with E-state index in [4.69, 9.17) is 22.7 Å². The molecule has 3 aromatic rings. The molecule has 6 nitrogen and oxygen atoms in total. The number of nitrogens with one attached hydrogen (secondary N) is 1. The normalized spacial score (nSPS) is 16.3. The maximum Gasteiger partial charge on any atom is 0.246 e. The van der Waals surface area contributed by atoms with Crippen LogP contribution in [0.4, 0.5) is 15.1 Å². The van der Waals surface area contributed by atoms with Crippen LogP contribution < -0.4 is 10.6 Å². The maximum atomic E-state index is 16.0. The average molecular weight is 484 g/mol. The molecule has 1 aliphatic heterocycles. The number of nitrogens with zero attached hydrogens (tertiary/aromatic N) is 3. The molecule has 1 aliphatic carbocycles. The number of anilines is 2. The van der Waals surface area contributed by atoms with E-state index in [0.717, 1.165) is 23.4 Å². The number of amides is 1. The number of aromatic nitrogens is 1. The molecule has 2 fully saturated rings. The summed E-state index contributed by atoms with van der Waals surface area (Å²) in [5, 5.41) is 9.68. The topological polar surface area (TPSA) is 86.3 Å². The molecule has 2 aliphatic rings. The third kappa shape index (κ3) is 3.67. The molecule has 0 spiro atoms. The van der Waals surface area contributed by atoms with Crippen LogP contribution in [-0.4, -0.2) is 47.6 Å². The van der Waals surface area contributed by atoms with Crippen LogP contribution in [0.1, 0.15) is 29.9 Å². The molecular formula is C24H23ClFN5OS. The average Bonchev–Trinajstić information content (AvgIpc) is 3.58. The molecule has 2 aromatic carbocycles. The Hall–Kier alpha value is -2.97. The molecule has 1 saturated carbocycles. The summed E-state index contributed by atoms with van der Waals surface area (Å²) in [6, 6.07) is 5.47. The second-order valence-electron chi connectivity index (χ2n) is 8.40. The summed E-state index contributed by atoms with van der Waals surface area (Å²) in [7, 11) is 0. The number of nitrogens with two attached hydrogens (primary N) is 1. The van der Waals surface area contributed by atoms with Gasteiger partial charge in [0.1, 0.15) is 10.5 Å². The Morgan fingerprint density at radius 2 is 2.00 bits per heavy atom. The molecule has 0 bridgehead atoms. The van der Waals surface area contributed by atoms with Crippen molar-refractivity contribution < 1.29 is 9.18 Å². The summed E-state index contributed by atoms with van der Waals surface area (Å²) >= 11 is 7.94. The summed E-state index contributed by atoms with van der Waals surface area (Å²) in [5.41, 5.74) is 9.15. The van der Waals surface area contributed by atoms with E-state index < -0.39 is 5.82 Å². The number of rotatable bonds is 5. The minimum absolute atomic E-state index is 0.0850. The highest BCUT2D eigenvalue weighted by atomic mass is 35.5. The van der Waals surface area contributed by atoms with Gasteiger partial charge in [-0.1, -0.05) is 24.2 Å². The van der Waals surface area contributed by atoms with Crippen molar-refractivity contribution in [1.29, 1.82) is 5.41 Å². The van der Waals surface area contributed by atoms with E-state index in [0.29, 0.717) is 54.3 Å². The number of piperazine rings is 1. The van der Waals surface area contributed by atoms with Gasteiger partial charge in [0, 0.05) is 60.2 Å². The summed E-state index contributed by atoms with van der Waals surface area (Å²) in [5.74, 6) is -0.250. The number of nitrogen functional groups attached to an aromatic ring is 1. The first-order chi connectivity index (χ1) is 15.9. The lowest BCUT2D eigenvalue weighted by Gasteiger charge is -2.34.